The fourth-order valence-electron chi connectivity index (χ4n) is 1.55. The van der Waals surface area contributed by atoms with Gasteiger partial charge >= 0.3 is 0 Å². The Hall–Kier alpha value is -1.94. The van der Waals surface area contributed by atoms with Crippen LogP contribution in [0.2, 0.25) is 0 Å². The minimum Gasteiger partial charge on any atom is -0.439 e. The summed E-state index contributed by atoms with van der Waals surface area (Å²) in [6.45, 7) is 3.42. The van der Waals surface area contributed by atoms with Gasteiger partial charge in [-0.2, -0.15) is 0 Å². The molecule has 94 valence electrons. The fraction of sp³-hybridized carbons (Fsp3) is 0.214. The van der Waals surface area contributed by atoms with Crippen LogP contribution in [0.1, 0.15) is 16.8 Å². The van der Waals surface area contributed by atoms with Gasteiger partial charge in [0, 0.05) is 17.8 Å². The lowest BCUT2D eigenvalue weighted by atomic mass is 10.2. The van der Waals surface area contributed by atoms with Crippen molar-refractivity contribution in [1.82, 2.24) is 4.98 Å². The average Bonchev–Trinajstić information content (AvgIpc) is 2.34. The molecule has 0 unspecified atom stereocenters. The van der Waals surface area contributed by atoms with Gasteiger partial charge in [0.05, 0.1) is 6.61 Å². The topological polar surface area (TPSA) is 42.4 Å². The van der Waals surface area contributed by atoms with Crippen molar-refractivity contribution in [2.24, 2.45) is 0 Å². The van der Waals surface area contributed by atoms with Crippen LogP contribution in [0.5, 0.6) is 11.6 Å². The standard InChI is InChI=1S/C14H14FNO2/c1-9-3-5-12(7-13(9)15)18-14-6-4-11(8-17)10(2)16-14/h3-7,17H,8H2,1-2H3. The van der Waals surface area contributed by atoms with Crippen LogP contribution in [0.3, 0.4) is 0 Å². The largest absolute Gasteiger partial charge is 0.439 e. The van der Waals surface area contributed by atoms with Gasteiger partial charge in [0.1, 0.15) is 11.6 Å². The Labute approximate surface area is 105 Å². The Morgan fingerprint density at radius 2 is 2.00 bits per heavy atom. The zero-order valence-electron chi connectivity index (χ0n) is 10.3. The second-order valence-corrected chi connectivity index (χ2v) is 4.07. The summed E-state index contributed by atoms with van der Waals surface area (Å²) in [4.78, 5) is 4.19. The fourth-order valence-corrected chi connectivity index (χ4v) is 1.55. The third kappa shape index (κ3) is 2.65. The normalized spacial score (nSPS) is 10.4. The SMILES string of the molecule is Cc1ccc(Oc2ccc(CO)c(C)n2)cc1F. The van der Waals surface area contributed by atoms with E-state index < -0.39 is 0 Å². The monoisotopic (exact) mass is 247 g/mol. The summed E-state index contributed by atoms with van der Waals surface area (Å²) >= 11 is 0. The molecule has 4 heteroatoms. The number of nitrogens with zero attached hydrogens (tertiary/aromatic N) is 1. The number of halogens is 1. The number of aliphatic hydroxyl groups excluding tert-OH is 1. The summed E-state index contributed by atoms with van der Waals surface area (Å²) in [5.74, 6) is 0.478. The molecule has 1 aromatic heterocycles. The van der Waals surface area contributed by atoms with Gasteiger partial charge in [-0.3, -0.25) is 0 Å². The van der Waals surface area contributed by atoms with E-state index in [0.29, 0.717) is 22.9 Å². The van der Waals surface area contributed by atoms with Crippen LogP contribution in [0, 0.1) is 19.7 Å². The Balaban J connectivity index is 2.23. The number of aliphatic hydroxyl groups is 1. The van der Waals surface area contributed by atoms with Crippen molar-refractivity contribution in [2.75, 3.05) is 0 Å². The molecule has 18 heavy (non-hydrogen) atoms. The Morgan fingerprint density at radius 1 is 1.22 bits per heavy atom. The maximum atomic E-state index is 13.3. The first-order valence-electron chi connectivity index (χ1n) is 5.61. The molecule has 0 aliphatic heterocycles. The second kappa shape index (κ2) is 5.14. The molecule has 0 spiro atoms. The van der Waals surface area contributed by atoms with Gasteiger partial charge in [-0.15, -0.1) is 0 Å². The van der Waals surface area contributed by atoms with E-state index in [2.05, 4.69) is 4.98 Å². The molecule has 1 aromatic carbocycles. The van der Waals surface area contributed by atoms with Crippen LogP contribution in [-0.4, -0.2) is 10.1 Å². The molecule has 0 saturated heterocycles. The summed E-state index contributed by atoms with van der Waals surface area (Å²) in [5.41, 5.74) is 2.02. The molecule has 1 heterocycles. The van der Waals surface area contributed by atoms with E-state index in [1.807, 2.05) is 0 Å². The van der Waals surface area contributed by atoms with Crippen LogP contribution < -0.4 is 4.74 Å². The number of hydrogen-bond donors (Lipinski definition) is 1. The number of benzene rings is 1. The van der Waals surface area contributed by atoms with E-state index in [-0.39, 0.29) is 12.4 Å². The first kappa shape index (κ1) is 12.5. The van der Waals surface area contributed by atoms with Gasteiger partial charge in [-0.05, 0) is 37.1 Å². The summed E-state index contributed by atoms with van der Waals surface area (Å²) in [5, 5.41) is 9.04. The molecule has 0 atom stereocenters. The summed E-state index contributed by atoms with van der Waals surface area (Å²) in [6, 6.07) is 8.06. The Morgan fingerprint density at radius 3 is 2.61 bits per heavy atom. The van der Waals surface area contributed by atoms with Crippen LogP contribution >= 0.6 is 0 Å². The van der Waals surface area contributed by atoms with E-state index in [4.69, 9.17) is 9.84 Å². The number of rotatable bonds is 3. The summed E-state index contributed by atoms with van der Waals surface area (Å²) in [7, 11) is 0. The van der Waals surface area contributed by atoms with E-state index in [1.54, 1.807) is 38.1 Å². The van der Waals surface area contributed by atoms with E-state index >= 15 is 0 Å². The zero-order valence-corrected chi connectivity index (χ0v) is 10.3. The molecule has 0 fully saturated rings. The lowest BCUT2D eigenvalue weighted by Gasteiger charge is -2.08. The number of hydrogen-bond acceptors (Lipinski definition) is 3. The number of aromatic nitrogens is 1. The second-order valence-electron chi connectivity index (χ2n) is 4.07. The molecule has 2 rings (SSSR count). The van der Waals surface area contributed by atoms with Crippen molar-refractivity contribution < 1.29 is 14.2 Å². The molecule has 0 amide bonds. The van der Waals surface area contributed by atoms with Crippen molar-refractivity contribution >= 4 is 0 Å². The molecule has 0 aliphatic carbocycles. The van der Waals surface area contributed by atoms with Gasteiger partial charge in [-0.1, -0.05) is 6.07 Å². The van der Waals surface area contributed by atoms with Crippen LogP contribution in [0.4, 0.5) is 4.39 Å². The third-order valence-electron chi connectivity index (χ3n) is 2.71. The zero-order chi connectivity index (χ0) is 13.1. The average molecular weight is 247 g/mol. The van der Waals surface area contributed by atoms with Gasteiger partial charge in [0.15, 0.2) is 0 Å². The van der Waals surface area contributed by atoms with Gasteiger partial charge in [-0.25, -0.2) is 9.37 Å². The number of aryl methyl sites for hydroxylation is 2. The Kier molecular flexibility index (Phi) is 3.58. The predicted molar refractivity (Wildman–Crippen MR) is 66.1 cm³/mol. The van der Waals surface area contributed by atoms with E-state index in [1.165, 1.54) is 6.07 Å². The minimum absolute atomic E-state index is 0.0573. The smallest absolute Gasteiger partial charge is 0.219 e. The van der Waals surface area contributed by atoms with Crippen molar-refractivity contribution in [3.05, 3.63) is 53.0 Å². The highest BCUT2D eigenvalue weighted by Gasteiger charge is 2.05. The summed E-state index contributed by atoms with van der Waals surface area (Å²) in [6.07, 6.45) is 0. The van der Waals surface area contributed by atoms with E-state index in [9.17, 15) is 4.39 Å². The molecule has 2 aromatic rings. The van der Waals surface area contributed by atoms with Crippen molar-refractivity contribution in [3.8, 4) is 11.6 Å². The van der Waals surface area contributed by atoms with Gasteiger partial charge < -0.3 is 9.84 Å². The lowest BCUT2D eigenvalue weighted by Crippen LogP contribution is -1.95. The molecule has 0 aliphatic rings. The molecular formula is C14H14FNO2. The van der Waals surface area contributed by atoms with Crippen LogP contribution in [0.15, 0.2) is 30.3 Å². The lowest BCUT2D eigenvalue weighted by molar-refractivity contribution is 0.280. The van der Waals surface area contributed by atoms with Crippen LogP contribution in [0.25, 0.3) is 0 Å². The summed E-state index contributed by atoms with van der Waals surface area (Å²) < 4.78 is 18.8. The first-order chi connectivity index (χ1) is 8.60. The van der Waals surface area contributed by atoms with Gasteiger partial charge in [0.25, 0.3) is 0 Å². The van der Waals surface area contributed by atoms with Crippen LogP contribution in [-0.2, 0) is 6.61 Å². The van der Waals surface area contributed by atoms with Crippen molar-refractivity contribution in [3.63, 3.8) is 0 Å². The molecule has 3 nitrogen and oxygen atoms in total. The molecule has 0 radical (unpaired) electrons. The van der Waals surface area contributed by atoms with E-state index in [0.717, 1.165) is 5.56 Å². The van der Waals surface area contributed by atoms with Crippen molar-refractivity contribution in [2.45, 2.75) is 20.5 Å². The highest BCUT2D eigenvalue weighted by Crippen LogP contribution is 2.22. The molecule has 1 N–H and O–H groups in total. The van der Waals surface area contributed by atoms with Gasteiger partial charge in [0.2, 0.25) is 5.88 Å². The maximum Gasteiger partial charge on any atom is 0.219 e. The predicted octanol–water partition coefficient (Wildman–Crippen LogP) is 3.12. The third-order valence-corrected chi connectivity index (χ3v) is 2.71. The first-order valence-corrected chi connectivity index (χ1v) is 5.61. The number of pyridine rings is 1. The number of ether oxygens (including phenoxy) is 1. The molecule has 0 saturated carbocycles. The molecular weight excluding hydrogens is 233 g/mol. The highest BCUT2D eigenvalue weighted by atomic mass is 19.1. The molecule has 0 bridgehead atoms. The van der Waals surface area contributed by atoms with Crippen molar-refractivity contribution in [1.29, 1.82) is 0 Å². The minimum atomic E-state index is -0.309. The highest BCUT2D eigenvalue weighted by molar-refractivity contribution is 5.32. The Bertz CT molecular complexity index is 570. The quantitative estimate of drug-likeness (QED) is 0.906. The maximum absolute atomic E-state index is 13.3.